The number of anilines is 1. The monoisotopic (exact) mass is 402 g/mol. The summed E-state index contributed by atoms with van der Waals surface area (Å²) in [6, 6.07) is 6.09. The van der Waals surface area contributed by atoms with Gasteiger partial charge in [-0.3, -0.25) is 14.9 Å². The lowest BCUT2D eigenvalue weighted by Crippen LogP contribution is -2.38. The number of hydrogen-bond acceptors (Lipinski definition) is 7. The highest BCUT2D eigenvalue weighted by molar-refractivity contribution is 5.98. The Morgan fingerprint density at radius 2 is 2.07 bits per heavy atom. The number of ether oxygens (including phenoxy) is 1. The van der Waals surface area contributed by atoms with Gasteiger partial charge in [-0.2, -0.15) is 5.26 Å². The average Bonchev–Trinajstić information content (AvgIpc) is 2.71. The maximum absolute atomic E-state index is 12.8. The van der Waals surface area contributed by atoms with E-state index in [4.69, 9.17) is 10.00 Å². The molecule has 0 aliphatic carbocycles. The van der Waals surface area contributed by atoms with E-state index in [2.05, 4.69) is 6.92 Å². The summed E-state index contributed by atoms with van der Waals surface area (Å²) in [5, 5.41) is 19.8. The Labute approximate surface area is 170 Å². The molecule has 0 N–H and O–H groups in total. The maximum Gasteiger partial charge on any atom is 0.341 e. The van der Waals surface area contributed by atoms with Crippen molar-refractivity contribution in [3.8, 4) is 6.07 Å². The summed E-state index contributed by atoms with van der Waals surface area (Å²) in [5.74, 6) is -0.634. The van der Waals surface area contributed by atoms with Crippen LogP contribution in [0.15, 0.2) is 18.2 Å². The molecule has 1 heterocycles. The second kappa shape index (κ2) is 9.87. The highest BCUT2D eigenvalue weighted by Gasteiger charge is 2.27. The zero-order chi connectivity index (χ0) is 21.6. The van der Waals surface area contributed by atoms with Crippen molar-refractivity contribution in [1.82, 2.24) is 4.90 Å². The molecule has 0 aromatic heterocycles. The second-order valence-electron chi connectivity index (χ2n) is 7.34. The fourth-order valence-corrected chi connectivity index (χ4v) is 3.24. The quantitative estimate of drug-likeness (QED) is 0.391. The standard InChI is InChI=1S/C20H26N4O5/c1-14-7-11-23(12-8-14)18-6-5-16(24(27)28)13-17(18)20(26)29-15(2)19(25)22(3)10-4-9-21/h5-6,13-15H,4,7-8,10-12H2,1-3H3/t15-/m1/s1. The second-order valence-corrected chi connectivity index (χ2v) is 7.34. The van der Waals surface area contributed by atoms with E-state index in [1.54, 1.807) is 6.07 Å². The van der Waals surface area contributed by atoms with Gasteiger partial charge in [-0.1, -0.05) is 6.92 Å². The third kappa shape index (κ3) is 5.67. The van der Waals surface area contributed by atoms with Crippen LogP contribution in [-0.4, -0.2) is 54.5 Å². The van der Waals surface area contributed by atoms with Crippen LogP contribution >= 0.6 is 0 Å². The van der Waals surface area contributed by atoms with E-state index in [9.17, 15) is 19.7 Å². The molecule has 1 aliphatic rings. The van der Waals surface area contributed by atoms with Crippen LogP contribution < -0.4 is 4.90 Å². The highest BCUT2D eigenvalue weighted by atomic mass is 16.6. The first-order chi connectivity index (χ1) is 13.7. The van der Waals surface area contributed by atoms with Crippen LogP contribution in [0.2, 0.25) is 0 Å². The number of benzene rings is 1. The molecule has 0 saturated carbocycles. The number of nitro groups is 1. The van der Waals surface area contributed by atoms with E-state index in [1.165, 1.54) is 31.0 Å². The number of nitro benzene ring substituents is 1. The van der Waals surface area contributed by atoms with Gasteiger partial charge < -0.3 is 14.5 Å². The molecule has 2 rings (SSSR count). The van der Waals surface area contributed by atoms with Gasteiger partial charge in [0.25, 0.3) is 11.6 Å². The summed E-state index contributed by atoms with van der Waals surface area (Å²) in [6.07, 6.45) is 1.03. The number of piperidine rings is 1. The number of nitrogens with zero attached hydrogens (tertiary/aromatic N) is 4. The summed E-state index contributed by atoms with van der Waals surface area (Å²) in [7, 11) is 1.53. The van der Waals surface area contributed by atoms with Gasteiger partial charge in [0, 0.05) is 38.8 Å². The molecule has 9 nitrogen and oxygen atoms in total. The van der Waals surface area contributed by atoms with Crippen LogP contribution in [0.1, 0.15) is 43.5 Å². The van der Waals surface area contributed by atoms with Gasteiger partial charge in [-0.05, 0) is 31.7 Å². The summed E-state index contributed by atoms with van der Waals surface area (Å²) in [5.41, 5.74) is 0.439. The molecule has 0 unspecified atom stereocenters. The van der Waals surface area contributed by atoms with Gasteiger partial charge >= 0.3 is 5.97 Å². The molecular formula is C20H26N4O5. The van der Waals surface area contributed by atoms with Gasteiger partial charge in [0.05, 0.1) is 28.7 Å². The molecule has 1 aliphatic heterocycles. The lowest BCUT2D eigenvalue weighted by Gasteiger charge is -2.33. The molecule has 0 spiro atoms. The molecule has 1 fully saturated rings. The molecule has 1 saturated heterocycles. The fourth-order valence-electron chi connectivity index (χ4n) is 3.24. The minimum atomic E-state index is -1.07. The molecule has 1 aromatic rings. The number of likely N-dealkylation sites (N-methyl/N-ethyl adjacent to an activating group) is 1. The zero-order valence-corrected chi connectivity index (χ0v) is 17.0. The Morgan fingerprint density at radius 3 is 2.66 bits per heavy atom. The number of carbonyl (C=O) groups is 2. The van der Waals surface area contributed by atoms with Gasteiger partial charge in [0.1, 0.15) is 0 Å². The SMILES string of the molecule is CC1CCN(c2ccc([N+](=O)[O-])cc2C(=O)O[C@H](C)C(=O)N(C)CCC#N)CC1. The van der Waals surface area contributed by atoms with E-state index < -0.39 is 22.9 Å². The molecule has 0 radical (unpaired) electrons. The van der Waals surface area contributed by atoms with Crippen molar-refractivity contribution >= 4 is 23.3 Å². The average molecular weight is 402 g/mol. The van der Waals surface area contributed by atoms with Gasteiger partial charge in [-0.15, -0.1) is 0 Å². The van der Waals surface area contributed by atoms with E-state index in [-0.39, 0.29) is 24.2 Å². The summed E-state index contributed by atoms with van der Waals surface area (Å²) in [4.78, 5) is 39.1. The van der Waals surface area contributed by atoms with Gasteiger partial charge in [-0.25, -0.2) is 4.79 Å². The molecule has 29 heavy (non-hydrogen) atoms. The molecule has 1 amide bonds. The normalized spacial score (nSPS) is 15.3. The van der Waals surface area contributed by atoms with Crippen LogP contribution in [0.25, 0.3) is 0 Å². The van der Waals surface area contributed by atoms with Crippen LogP contribution in [0.5, 0.6) is 0 Å². The third-order valence-corrected chi connectivity index (χ3v) is 5.10. The van der Waals surface area contributed by atoms with E-state index in [1.807, 2.05) is 11.0 Å². The summed E-state index contributed by atoms with van der Waals surface area (Å²) >= 11 is 0. The maximum atomic E-state index is 12.8. The number of rotatable bonds is 7. The van der Waals surface area contributed by atoms with E-state index >= 15 is 0 Å². The third-order valence-electron chi connectivity index (χ3n) is 5.10. The first-order valence-electron chi connectivity index (χ1n) is 9.61. The Morgan fingerprint density at radius 1 is 1.41 bits per heavy atom. The minimum absolute atomic E-state index is 0.0769. The Bertz CT molecular complexity index is 812. The first kappa shape index (κ1) is 22.1. The van der Waals surface area contributed by atoms with Crippen molar-refractivity contribution < 1.29 is 19.2 Å². The van der Waals surface area contributed by atoms with Gasteiger partial charge in [0.15, 0.2) is 6.10 Å². The smallest absolute Gasteiger partial charge is 0.341 e. The molecule has 156 valence electrons. The molecule has 9 heteroatoms. The van der Waals surface area contributed by atoms with E-state index in [0.717, 1.165) is 25.9 Å². The van der Waals surface area contributed by atoms with Gasteiger partial charge in [0.2, 0.25) is 0 Å². The van der Waals surface area contributed by atoms with E-state index in [0.29, 0.717) is 11.6 Å². The molecule has 0 bridgehead atoms. The number of esters is 1. The van der Waals surface area contributed by atoms with Crippen LogP contribution in [-0.2, 0) is 9.53 Å². The topological polar surface area (TPSA) is 117 Å². The number of amides is 1. The Hall–Kier alpha value is -3.15. The predicted octanol–water partition coefficient (Wildman–Crippen LogP) is 2.75. The lowest BCUT2D eigenvalue weighted by atomic mass is 9.98. The summed E-state index contributed by atoms with van der Waals surface area (Å²) < 4.78 is 5.32. The Balaban J connectivity index is 2.22. The molecular weight excluding hydrogens is 376 g/mol. The van der Waals surface area contributed by atoms with Crippen LogP contribution in [0.4, 0.5) is 11.4 Å². The van der Waals surface area contributed by atoms with Crippen molar-refractivity contribution in [2.24, 2.45) is 5.92 Å². The number of non-ortho nitro benzene ring substituents is 1. The number of nitriles is 1. The lowest BCUT2D eigenvalue weighted by molar-refractivity contribution is -0.384. The van der Waals surface area contributed by atoms with Crippen molar-refractivity contribution in [2.45, 2.75) is 39.2 Å². The van der Waals surface area contributed by atoms with Crippen molar-refractivity contribution in [2.75, 3.05) is 31.6 Å². The Kier molecular flexibility index (Phi) is 7.53. The van der Waals surface area contributed by atoms with Crippen LogP contribution in [0.3, 0.4) is 0 Å². The first-order valence-corrected chi connectivity index (χ1v) is 9.61. The highest BCUT2D eigenvalue weighted by Crippen LogP contribution is 2.30. The van der Waals surface area contributed by atoms with Crippen LogP contribution in [0, 0.1) is 27.4 Å². The molecule has 1 aromatic carbocycles. The van der Waals surface area contributed by atoms with Crippen molar-refractivity contribution in [1.29, 1.82) is 5.26 Å². The zero-order valence-electron chi connectivity index (χ0n) is 17.0. The largest absolute Gasteiger partial charge is 0.449 e. The molecule has 1 atom stereocenters. The number of carbonyl (C=O) groups excluding carboxylic acids is 2. The summed E-state index contributed by atoms with van der Waals surface area (Å²) in [6.45, 7) is 5.32. The predicted molar refractivity (Wildman–Crippen MR) is 106 cm³/mol. The van der Waals surface area contributed by atoms with Crippen molar-refractivity contribution in [3.05, 3.63) is 33.9 Å². The number of hydrogen-bond donors (Lipinski definition) is 0. The fraction of sp³-hybridized carbons (Fsp3) is 0.550. The van der Waals surface area contributed by atoms with Crippen molar-refractivity contribution in [3.63, 3.8) is 0 Å². The minimum Gasteiger partial charge on any atom is -0.449 e.